The maximum atomic E-state index is 9.32. The van der Waals surface area contributed by atoms with E-state index in [1.54, 1.807) is 12.3 Å². The molecule has 4 heteroatoms. The summed E-state index contributed by atoms with van der Waals surface area (Å²) in [6, 6.07) is 20.0. The summed E-state index contributed by atoms with van der Waals surface area (Å²) >= 11 is 0. The van der Waals surface area contributed by atoms with E-state index < -0.39 is 0 Å². The lowest BCUT2D eigenvalue weighted by atomic mass is 10.1. The normalized spacial score (nSPS) is 10.6. The van der Waals surface area contributed by atoms with Crippen LogP contribution in [0.2, 0.25) is 0 Å². The number of hydrogen-bond acceptors (Lipinski definition) is 3. The summed E-state index contributed by atoms with van der Waals surface area (Å²) in [6.45, 7) is 4.63. The summed E-state index contributed by atoms with van der Waals surface area (Å²) in [5.74, 6) is 0.685. The number of nitriles is 1. The molecule has 0 atom stereocenters. The van der Waals surface area contributed by atoms with Crippen LogP contribution in [-0.2, 0) is 6.61 Å². The first kappa shape index (κ1) is 15.8. The maximum Gasteiger partial charge on any atom is 0.121 e. The fraction of sp³-hybridized carbons (Fsp3) is 0.200. The molecule has 0 aliphatic carbocycles. The van der Waals surface area contributed by atoms with Crippen molar-refractivity contribution in [1.29, 1.82) is 5.26 Å². The highest BCUT2D eigenvalue weighted by molar-refractivity contribution is 5.64. The van der Waals surface area contributed by atoms with Gasteiger partial charge in [0.05, 0.1) is 17.3 Å². The van der Waals surface area contributed by atoms with Gasteiger partial charge in [0.25, 0.3) is 0 Å². The van der Waals surface area contributed by atoms with Crippen molar-refractivity contribution in [2.75, 3.05) is 0 Å². The molecule has 0 saturated carbocycles. The first-order chi connectivity index (χ1) is 11.7. The predicted octanol–water partition coefficient (Wildman–Crippen LogP) is 4.58. The maximum absolute atomic E-state index is 9.32. The van der Waals surface area contributed by atoms with Crippen LogP contribution in [0.4, 0.5) is 0 Å². The highest BCUT2D eigenvalue weighted by Crippen LogP contribution is 2.28. The lowest BCUT2D eigenvalue weighted by Gasteiger charge is -2.13. The molecule has 1 heterocycles. The van der Waals surface area contributed by atoms with E-state index in [0.717, 1.165) is 16.8 Å². The van der Waals surface area contributed by atoms with Crippen LogP contribution in [0.1, 0.15) is 31.0 Å². The number of rotatable bonds is 5. The summed E-state index contributed by atoms with van der Waals surface area (Å²) in [4.78, 5) is 0. The van der Waals surface area contributed by atoms with Gasteiger partial charge in [-0.2, -0.15) is 10.4 Å². The van der Waals surface area contributed by atoms with Gasteiger partial charge in [0.2, 0.25) is 0 Å². The van der Waals surface area contributed by atoms with Gasteiger partial charge < -0.3 is 4.74 Å². The number of nitrogens with zero attached hydrogens (tertiary/aromatic N) is 3. The Balaban J connectivity index is 1.91. The molecule has 4 nitrogen and oxygen atoms in total. The van der Waals surface area contributed by atoms with Gasteiger partial charge in [-0.05, 0) is 43.7 Å². The molecule has 0 fully saturated rings. The van der Waals surface area contributed by atoms with Crippen LogP contribution in [0.3, 0.4) is 0 Å². The van der Waals surface area contributed by atoms with E-state index in [1.165, 1.54) is 0 Å². The van der Waals surface area contributed by atoms with E-state index in [2.05, 4.69) is 25.0 Å². The van der Waals surface area contributed by atoms with Gasteiger partial charge in [0.15, 0.2) is 0 Å². The molecule has 0 unspecified atom stereocenters. The van der Waals surface area contributed by atoms with Gasteiger partial charge in [-0.1, -0.05) is 30.3 Å². The molecular weight excluding hydrogens is 298 g/mol. The Morgan fingerprint density at radius 1 is 1.12 bits per heavy atom. The molecule has 3 rings (SSSR count). The van der Waals surface area contributed by atoms with E-state index in [-0.39, 0.29) is 6.04 Å². The van der Waals surface area contributed by atoms with Crippen molar-refractivity contribution < 1.29 is 4.74 Å². The minimum absolute atomic E-state index is 0.245. The Kier molecular flexibility index (Phi) is 4.62. The van der Waals surface area contributed by atoms with Crippen molar-refractivity contribution in [3.05, 3.63) is 71.9 Å². The Labute approximate surface area is 141 Å². The molecule has 24 heavy (non-hydrogen) atoms. The van der Waals surface area contributed by atoms with Gasteiger partial charge in [0, 0.05) is 17.8 Å². The first-order valence-corrected chi connectivity index (χ1v) is 7.93. The van der Waals surface area contributed by atoms with E-state index in [9.17, 15) is 5.26 Å². The predicted molar refractivity (Wildman–Crippen MR) is 93.5 cm³/mol. The van der Waals surface area contributed by atoms with Gasteiger partial charge in [-0.15, -0.1) is 0 Å². The second-order valence-corrected chi connectivity index (χ2v) is 5.89. The zero-order chi connectivity index (χ0) is 16.9. The molecule has 0 spiro atoms. The fourth-order valence-corrected chi connectivity index (χ4v) is 2.59. The van der Waals surface area contributed by atoms with E-state index in [1.807, 2.05) is 53.2 Å². The smallest absolute Gasteiger partial charge is 0.121 e. The lowest BCUT2D eigenvalue weighted by Crippen LogP contribution is -2.04. The molecule has 0 amide bonds. The SMILES string of the molecule is CC(C)n1nccc1-c1cc(C#N)cc(OCc2ccccc2)c1. The zero-order valence-electron chi connectivity index (χ0n) is 13.8. The molecule has 0 saturated heterocycles. The van der Waals surface area contributed by atoms with Crippen molar-refractivity contribution >= 4 is 0 Å². The average Bonchev–Trinajstić information content (AvgIpc) is 3.11. The monoisotopic (exact) mass is 317 g/mol. The second kappa shape index (κ2) is 7.01. The quantitative estimate of drug-likeness (QED) is 0.692. The standard InChI is InChI=1S/C20H19N3O/c1-15(2)23-20(8-9-22-23)18-10-17(13-21)11-19(12-18)24-14-16-6-4-3-5-7-16/h3-12,15H,14H2,1-2H3. The highest BCUT2D eigenvalue weighted by atomic mass is 16.5. The van der Waals surface area contributed by atoms with Crippen molar-refractivity contribution in [2.45, 2.75) is 26.5 Å². The molecule has 2 aromatic carbocycles. The Bertz CT molecular complexity index is 860. The Hall–Kier alpha value is -3.06. The third kappa shape index (κ3) is 3.47. The van der Waals surface area contributed by atoms with Crippen molar-refractivity contribution in [1.82, 2.24) is 9.78 Å². The van der Waals surface area contributed by atoms with Crippen molar-refractivity contribution in [3.63, 3.8) is 0 Å². The third-order valence-electron chi connectivity index (χ3n) is 3.74. The van der Waals surface area contributed by atoms with Crippen LogP contribution in [0, 0.1) is 11.3 Å². The first-order valence-electron chi connectivity index (χ1n) is 7.93. The van der Waals surface area contributed by atoms with Crippen LogP contribution in [0.15, 0.2) is 60.8 Å². The molecule has 1 aromatic heterocycles. The number of ether oxygens (including phenoxy) is 1. The molecule has 0 bridgehead atoms. The van der Waals surface area contributed by atoms with E-state index in [4.69, 9.17) is 4.74 Å². The van der Waals surface area contributed by atoms with Gasteiger partial charge >= 0.3 is 0 Å². The van der Waals surface area contributed by atoms with Gasteiger partial charge in [0.1, 0.15) is 12.4 Å². The van der Waals surface area contributed by atoms with Crippen LogP contribution in [0.5, 0.6) is 5.75 Å². The van der Waals surface area contributed by atoms with E-state index in [0.29, 0.717) is 17.9 Å². The molecule has 3 aromatic rings. The van der Waals surface area contributed by atoms with Gasteiger partial charge in [-0.25, -0.2) is 0 Å². The van der Waals surface area contributed by atoms with Crippen LogP contribution >= 0.6 is 0 Å². The summed E-state index contributed by atoms with van der Waals surface area (Å²) in [7, 11) is 0. The molecule has 0 radical (unpaired) electrons. The average molecular weight is 317 g/mol. The number of aromatic nitrogens is 2. The largest absolute Gasteiger partial charge is 0.489 e. The van der Waals surface area contributed by atoms with Crippen LogP contribution in [0.25, 0.3) is 11.3 Å². The number of benzene rings is 2. The topological polar surface area (TPSA) is 50.8 Å². The van der Waals surface area contributed by atoms with Crippen LogP contribution in [-0.4, -0.2) is 9.78 Å². The molecule has 0 aliphatic rings. The van der Waals surface area contributed by atoms with Crippen LogP contribution < -0.4 is 4.74 Å². The second-order valence-electron chi connectivity index (χ2n) is 5.89. The van der Waals surface area contributed by atoms with Crippen molar-refractivity contribution in [2.24, 2.45) is 0 Å². The zero-order valence-corrected chi connectivity index (χ0v) is 13.8. The summed E-state index contributed by atoms with van der Waals surface area (Å²) in [5, 5.41) is 13.7. The summed E-state index contributed by atoms with van der Waals surface area (Å²) in [6.07, 6.45) is 1.78. The van der Waals surface area contributed by atoms with E-state index >= 15 is 0 Å². The summed E-state index contributed by atoms with van der Waals surface area (Å²) < 4.78 is 7.83. The van der Waals surface area contributed by atoms with Crippen molar-refractivity contribution in [3.8, 4) is 23.1 Å². The van der Waals surface area contributed by atoms with Gasteiger partial charge in [-0.3, -0.25) is 4.68 Å². The summed E-state index contributed by atoms with van der Waals surface area (Å²) in [5.41, 5.74) is 3.58. The third-order valence-corrected chi connectivity index (χ3v) is 3.74. The Morgan fingerprint density at radius 3 is 2.62 bits per heavy atom. The molecule has 0 aliphatic heterocycles. The Morgan fingerprint density at radius 2 is 1.92 bits per heavy atom. The minimum atomic E-state index is 0.245. The molecule has 0 N–H and O–H groups in total. The fourth-order valence-electron chi connectivity index (χ4n) is 2.59. The molecule has 120 valence electrons. The lowest BCUT2D eigenvalue weighted by molar-refractivity contribution is 0.306. The highest BCUT2D eigenvalue weighted by Gasteiger charge is 2.11. The minimum Gasteiger partial charge on any atom is -0.489 e. The molecular formula is C20H19N3O. The number of hydrogen-bond donors (Lipinski definition) is 0.